The zero-order valence-corrected chi connectivity index (χ0v) is 15.1. The van der Waals surface area contributed by atoms with Crippen LogP contribution < -0.4 is 0 Å². The fourth-order valence-electron chi connectivity index (χ4n) is 3.73. The first kappa shape index (κ1) is 16.3. The summed E-state index contributed by atoms with van der Waals surface area (Å²) >= 11 is 1.66. The van der Waals surface area contributed by atoms with Gasteiger partial charge in [0, 0.05) is 30.9 Å². The van der Waals surface area contributed by atoms with E-state index in [1.807, 2.05) is 23.8 Å². The van der Waals surface area contributed by atoms with E-state index >= 15 is 0 Å². The summed E-state index contributed by atoms with van der Waals surface area (Å²) < 4.78 is 0. The Labute approximate surface area is 151 Å². The second-order valence-electron chi connectivity index (χ2n) is 6.95. The number of likely N-dealkylation sites (tertiary alicyclic amines) is 1. The molecule has 0 aromatic carbocycles. The highest BCUT2D eigenvalue weighted by atomic mass is 32.1. The lowest BCUT2D eigenvalue weighted by molar-refractivity contribution is -0.130. The van der Waals surface area contributed by atoms with Crippen molar-refractivity contribution in [3.63, 3.8) is 0 Å². The second-order valence-corrected chi connectivity index (χ2v) is 7.73. The lowest BCUT2D eigenvalue weighted by Gasteiger charge is -2.20. The number of rotatable bonds is 4. The molecule has 1 atom stereocenters. The van der Waals surface area contributed by atoms with E-state index in [2.05, 4.69) is 32.4 Å². The molecule has 0 saturated carbocycles. The van der Waals surface area contributed by atoms with Crippen molar-refractivity contribution in [1.29, 1.82) is 0 Å². The van der Waals surface area contributed by atoms with Gasteiger partial charge in [-0.2, -0.15) is 11.3 Å². The quantitative estimate of drug-likeness (QED) is 0.769. The van der Waals surface area contributed by atoms with Crippen LogP contribution in [0.1, 0.15) is 30.4 Å². The molecule has 4 rings (SSSR count). The predicted octanol–water partition coefficient (Wildman–Crippen LogP) is 4.04. The van der Waals surface area contributed by atoms with Gasteiger partial charge in [-0.3, -0.25) is 4.79 Å². The molecule has 3 aromatic rings. The van der Waals surface area contributed by atoms with E-state index < -0.39 is 0 Å². The van der Waals surface area contributed by atoms with Crippen LogP contribution in [0.3, 0.4) is 0 Å². The number of nitrogens with one attached hydrogen (secondary N) is 1. The molecule has 0 spiro atoms. The van der Waals surface area contributed by atoms with Gasteiger partial charge in [-0.25, -0.2) is 4.98 Å². The molecular weight excluding hydrogens is 330 g/mol. The number of amides is 1. The van der Waals surface area contributed by atoms with Gasteiger partial charge in [0.05, 0.1) is 6.42 Å². The van der Waals surface area contributed by atoms with E-state index in [4.69, 9.17) is 0 Å². The summed E-state index contributed by atoms with van der Waals surface area (Å²) in [4.78, 5) is 22.2. The molecule has 0 radical (unpaired) electrons. The smallest absolute Gasteiger partial charge is 0.227 e. The number of hydrogen-bond acceptors (Lipinski definition) is 3. The molecule has 5 heteroatoms. The van der Waals surface area contributed by atoms with Gasteiger partial charge in [0.1, 0.15) is 5.65 Å². The first-order chi connectivity index (χ1) is 12.3. The Bertz CT molecular complexity index is 840. The Balaban J connectivity index is 1.35. The first-order valence-corrected chi connectivity index (χ1v) is 9.93. The SMILES string of the molecule is O=C(Cc1ccsc1)N1CCCC(Cc2cnc3[nH]ccc3c2)CC1. The standard InChI is InChI=1S/C20H23N3OS/c24-19(12-16-5-9-25-14-16)23-7-1-2-15(4-8-23)10-17-11-18-3-6-21-20(18)22-13-17/h3,5-6,9,11,13-15H,1-2,4,7-8,10,12H2,(H,21,22). The van der Waals surface area contributed by atoms with Crippen molar-refractivity contribution in [3.05, 3.63) is 52.5 Å². The number of aromatic nitrogens is 2. The van der Waals surface area contributed by atoms with E-state index in [0.29, 0.717) is 12.3 Å². The predicted molar refractivity (Wildman–Crippen MR) is 102 cm³/mol. The van der Waals surface area contributed by atoms with Crippen molar-refractivity contribution in [2.24, 2.45) is 5.92 Å². The Morgan fingerprint density at radius 3 is 3.12 bits per heavy atom. The van der Waals surface area contributed by atoms with Gasteiger partial charge in [0.15, 0.2) is 0 Å². The monoisotopic (exact) mass is 353 g/mol. The Hall–Kier alpha value is -2.14. The fourth-order valence-corrected chi connectivity index (χ4v) is 4.40. The summed E-state index contributed by atoms with van der Waals surface area (Å²) in [6.45, 7) is 1.78. The summed E-state index contributed by atoms with van der Waals surface area (Å²) in [5.74, 6) is 0.909. The van der Waals surface area contributed by atoms with E-state index in [9.17, 15) is 4.79 Å². The summed E-state index contributed by atoms with van der Waals surface area (Å²) in [6, 6.07) is 6.36. The minimum Gasteiger partial charge on any atom is -0.346 e. The van der Waals surface area contributed by atoms with Crippen LogP contribution in [-0.4, -0.2) is 33.9 Å². The third-order valence-electron chi connectivity index (χ3n) is 5.12. The molecule has 130 valence electrons. The molecule has 4 nitrogen and oxygen atoms in total. The van der Waals surface area contributed by atoms with Crippen LogP contribution >= 0.6 is 11.3 Å². The minimum atomic E-state index is 0.273. The van der Waals surface area contributed by atoms with Crippen molar-refractivity contribution in [3.8, 4) is 0 Å². The van der Waals surface area contributed by atoms with Gasteiger partial charge in [-0.15, -0.1) is 0 Å². The highest BCUT2D eigenvalue weighted by molar-refractivity contribution is 7.08. The van der Waals surface area contributed by atoms with Crippen LogP contribution in [0.15, 0.2) is 41.4 Å². The number of aromatic amines is 1. The number of pyridine rings is 1. The lowest BCUT2D eigenvalue weighted by atomic mass is 9.93. The number of nitrogens with zero attached hydrogens (tertiary/aromatic N) is 2. The maximum absolute atomic E-state index is 12.5. The normalized spacial score (nSPS) is 18.4. The zero-order chi connectivity index (χ0) is 17.1. The van der Waals surface area contributed by atoms with Crippen molar-refractivity contribution in [1.82, 2.24) is 14.9 Å². The first-order valence-electron chi connectivity index (χ1n) is 8.99. The van der Waals surface area contributed by atoms with E-state index in [0.717, 1.165) is 43.6 Å². The fraction of sp³-hybridized carbons (Fsp3) is 0.400. The summed E-state index contributed by atoms with van der Waals surface area (Å²) in [5.41, 5.74) is 3.40. The molecule has 1 aliphatic rings. The zero-order valence-electron chi connectivity index (χ0n) is 14.3. The number of hydrogen-bond donors (Lipinski definition) is 1. The van der Waals surface area contributed by atoms with Gasteiger partial charge in [-0.1, -0.05) is 0 Å². The van der Waals surface area contributed by atoms with Crippen molar-refractivity contribution in [2.75, 3.05) is 13.1 Å². The highest BCUT2D eigenvalue weighted by Crippen LogP contribution is 2.23. The average Bonchev–Trinajstić information content (AvgIpc) is 3.23. The molecule has 0 aliphatic carbocycles. The maximum Gasteiger partial charge on any atom is 0.227 e. The maximum atomic E-state index is 12.5. The summed E-state index contributed by atoms with van der Waals surface area (Å²) in [6.07, 6.45) is 8.89. The van der Waals surface area contributed by atoms with Crippen molar-refractivity contribution in [2.45, 2.75) is 32.1 Å². The van der Waals surface area contributed by atoms with Crippen LogP contribution in [0.4, 0.5) is 0 Å². The largest absolute Gasteiger partial charge is 0.346 e. The molecule has 25 heavy (non-hydrogen) atoms. The topological polar surface area (TPSA) is 49.0 Å². The second kappa shape index (κ2) is 7.40. The molecule has 1 aliphatic heterocycles. The molecule has 1 N–H and O–H groups in total. The number of carbonyl (C=O) groups is 1. The van der Waals surface area contributed by atoms with Crippen LogP contribution in [0.5, 0.6) is 0 Å². The molecule has 1 amide bonds. The van der Waals surface area contributed by atoms with Crippen LogP contribution in [0.25, 0.3) is 11.0 Å². The van der Waals surface area contributed by atoms with Gasteiger partial charge in [0.25, 0.3) is 0 Å². The van der Waals surface area contributed by atoms with E-state index in [1.54, 1.807) is 11.3 Å². The summed E-state index contributed by atoms with van der Waals surface area (Å²) in [5, 5.41) is 5.29. The number of H-pyrrole nitrogens is 1. The van der Waals surface area contributed by atoms with Crippen LogP contribution in [0, 0.1) is 5.92 Å². The molecule has 4 heterocycles. The Morgan fingerprint density at radius 2 is 2.24 bits per heavy atom. The third-order valence-corrected chi connectivity index (χ3v) is 5.85. The average molecular weight is 353 g/mol. The van der Waals surface area contributed by atoms with Crippen molar-refractivity contribution >= 4 is 28.3 Å². The molecule has 0 bridgehead atoms. The van der Waals surface area contributed by atoms with Gasteiger partial charge in [-0.05, 0) is 71.7 Å². The Kier molecular flexibility index (Phi) is 4.83. The number of carbonyl (C=O) groups excluding carboxylic acids is 1. The highest BCUT2D eigenvalue weighted by Gasteiger charge is 2.21. The minimum absolute atomic E-state index is 0.273. The van der Waals surface area contributed by atoms with Gasteiger partial charge >= 0.3 is 0 Å². The lowest BCUT2D eigenvalue weighted by Crippen LogP contribution is -2.33. The van der Waals surface area contributed by atoms with Gasteiger partial charge < -0.3 is 9.88 Å². The Morgan fingerprint density at radius 1 is 1.28 bits per heavy atom. The summed E-state index contributed by atoms with van der Waals surface area (Å²) in [7, 11) is 0. The number of thiophene rings is 1. The third kappa shape index (κ3) is 3.93. The number of fused-ring (bicyclic) bond motifs is 1. The van der Waals surface area contributed by atoms with E-state index in [1.165, 1.54) is 17.4 Å². The van der Waals surface area contributed by atoms with Crippen molar-refractivity contribution < 1.29 is 4.79 Å². The molecule has 1 unspecified atom stereocenters. The molecular formula is C20H23N3OS. The van der Waals surface area contributed by atoms with Crippen LogP contribution in [0.2, 0.25) is 0 Å². The molecule has 1 fully saturated rings. The van der Waals surface area contributed by atoms with Gasteiger partial charge in [0.2, 0.25) is 5.91 Å². The van der Waals surface area contributed by atoms with E-state index in [-0.39, 0.29) is 5.91 Å². The van der Waals surface area contributed by atoms with Crippen LogP contribution in [-0.2, 0) is 17.6 Å². The molecule has 1 saturated heterocycles. The molecule has 3 aromatic heterocycles.